The molecule has 1 aliphatic rings. The van der Waals surface area contributed by atoms with Crippen molar-refractivity contribution in [1.29, 1.82) is 0 Å². The van der Waals surface area contributed by atoms with E-state index >= 15 is 0 Å². The lowest BCUT2D eigenvalue weighted by Gasteiger charge is -2.34. The monoisotopic (exact) mass is 253 g/mol. The number of hydrogen-bond donors (Lipinski definition) is 2. The minimum atomic E-state index is -0.218. The smallest absolute Gasteiger partial charge is 0.123 e. The van der Waals surface area contributed by atoms with E-state index < -0.39 is 0 Å². The Labute approximate surface area is 107 Å². The molecule has 2 rings (SSSR count). The summed E-state index contributed by atoms with van der Waals surface area (Å²) < 4.78 is 18.9. The van der Waals surface area contributed by atoms with E-state index in [-0.39, 0.29) is 18.0 Å². The number of halogens is 1. The summed E-state index contributed by atoms with van der Waals surface area (Å²) in [5, 5.41) is 0. The molecule has 0 spiro atoms. The summed E-state index contributed by atoms with van der Waals surface area (Å²) in [4.78, 5) is 2.21. The molecule has 1 aromatic carbocycles. The van der Waals surface area contributed by atoms with Crippen LogP contribution in [0.1, 0.15) is 5.56 Å². The molecule has 1 heterocycles. The van der Waals surface area contributed by atoms with Crippen LogP contribution in [0.25, 0.3) is 0 Å². The normalized spacial score (nSPS) is 22.9. The third kappa shape index (κ3) is 3.49. The van der Waals surface area contributed by atoms with Crippen LogP contribution >= 0.6 is 0 Å². The summed E-state index contributed by atoms with van der Waals surface area (Å²) in [5.41, 5.74) is 3.71. The Morgan fingerprint density at radius 2 is 2.44 bits per heavy atom. The highest BCUT2D eigenvalue weighted by atomic mass is 19.1. The Hall–Kier alpha value is -1.01. The summed E-state index contributed by atoms with van der Waals surface area (Å²) in [7, 11) is 2.06. The third-order valence-electron chi connectivity index (χ3n) is 3.30. The molecule has 1 aromatic rings. The quantitative estimate of drug-likeness (QED) is 0.607. The number of hydrogen-bond acceptors (Lipinski definition) is 4. The number of rotatable bonds is 4. The van der Waals surface area contributed by atoms with Crippen molar-refractivity contribution in [1.82, 2.24) is 10.3 Å². The lowest BCUT2D eigenvalue weighted by Crippen LogP contribution is -2.54. The van der Waals surface area contributed by atoms with Crippen molar-refractivity contribution in [2.45, 2.75) is 18.6 Å². The van der Waals surface area contributed by atoms with E-state index in [1.807, 2.05) is 6.07 Å². The molecule has 0 aromatic heterocycles. The predicted molar refractivity (Wildman–Crippen MR) is 68.5 cm³/mol. The van der Waals surface area contributed by atoms with Gasteiger partial charge in [0.25, 0.3) is 0 Å². The summed E-state index contributed by atoms with van der Waals surface area (Å²) in [6, 6.07) is 6.59. The molecular weight excluding hydrogens is 233 g/mol. The van der Waals surface area contributed by atoms with Crippen molar-refractivity contribution >= 4 is 0 Å². The van der Waals surface area contributed by atoms with E-state index in [1.54, 1.807) is 6.07 Å². The Morgan fingerprint density at radius 3 is 3.11 bits per heavy atom. The number of ether oxygens (including phenoxy) is 1. The minimum absolute atomic E-state index is 0.00505. The van der Waals surface area contributed by atoms with Gasteiger partial charge in [-0.3, -0.25) is 11.3 Å². The molecule has 18 heavy (non-hydrogen) atoms. The van der Waals surface area contributed by atoms with Crippen LogP contribution in [-0.4, -0.2) is 43.8 Å². The molecule has 2 atom stereocenters. The van der Waals surface area contributed by atoms with Crippen LogP contribution in [0.3, 0.4) is 0 Å². The first-order chi connectivity index (χ1) is 8.69. The summed E-state index contributed by atoms with van der Waals surface area (Å²) in [6.45, 7) is 2.49. The first-order valence-electron chi connectivity index (χ1n) is 6.20. The van der Waals surface area contributed by atoms with Crippen LogP contribution < -0.4 is 11.3 Å². The fourth-order valence-corrected chi connectivity index (χ4v) is 2.27. The van der Waals surface area contributed by atoms with E-state index in [1.165, 1.54) is 12.1 Å². The van der Waals surface area contributed by atoms with Gasteiger partial charge in [0.2, 0.25) is 0 Å². The van der Waals surface area contributed by atoms with Gasteiger partial charge >= 0.3 is 0 Å². The zero-order chi connectivity index (χ0) is 13.0. The fraction of sp³-hybridized carbons (Fsp3) is 0.538. The van der Waals surface area contributed by atoms with Crippen LogP contribution in [0, 0.1) is 5.82 Å². The van der Waals surface area contributed by atoms with Gasteiger partial charge in [0.1, 0.15) is 5.82 Å². The number of nitrogens with two attached hydrogens (primary N) is 1. The zero-order valence-corrected chi connectivity index (χ0v) is 10.6. The van der Waals surface area contributed by atoms with E-state index in [4.69, 9.17) is 10.6 Å². The van der Waals surface area contributed by atoms with E-state index in [0.717, 1.165) is 18.7 Å². The summed E-state index contributed by atoms with van der Waals surface area (Å²) >= 11 is 0. The van der Waals surface area contributed by atoms with Crippen LogP contribution in [0.15, 0.2) is 24.3 Å². The molecule has 1 aliphatic heterocycles. The topological polar surface area (TPSA) is 50.5 Å². The largest absolute Gasteiger partial charge is 0.374 e. The Bertz CT molecular complexity index is 388. The van der Waals surface area contributed by atoms with E-state index in [9.17, 15) is 4.39 Å². The van der Waals surface area contributed by atoms with Crippen LogP contribution in [-0.2, 0) is 11.2 Å². The van der Waals surface area contributed by atoms with Crippen molar-refractivity contribution in [3.63, 3.8) is 0 Å². The molecule has 0 radical (unpaired) electrons. The Kier molecular flexibility index (Phi) is 4.66. The van der Waals surface area contributed by atoms with Crippen molar-refractivity contribution in [3.05, 3.63) is 35.6 Å². The maximum Gasteiger partial charge on any atom is 0.123 e. The number of likely N-dealkylation sites (N-methyl/N-ethyl adjacent to an activating group) is 1. The molecule has 2 unspecified atom stereocenters. The average molecular weight is 253 g/mol. The molecule has 0 saturated carbocycles. The maximum atomic E-state index is 13.1. The summed E-state index contributed by atoms with van der Waals surface area (Å²) in [6.07, 6.45) is 0.698. The SMILES string of the molecule is CN1CCOC(C(Cc2cccc(F)c2)NN)C1. The van der Waals surface area contributed by atoms with Crippen LogP contribution in [0.2, 0.25) is 0 Å². The van der Waals surface area contributed by atoms with Gasteiger partial charge in [-0.25, -0.2) is 4.39 Å². The van der Waals surface area contributed by atoms with Crippen molar-refractivity contribution < 1.29 is 9.13 Å². The molecular formula is C13H20FN3O. The summed E-state index contributed by atoms with van der Waals surface area (Å²) in [5.74, 6) is 5.38. The predicted octanol–water partition coefficient (Wildman–Crippen LogP) is 0.531. The molecule has 3 N–H and O–H groups in total. The Morgan fingerprint density at radius 1 is 1.61 bits per heavy atom. The number of nitrogens with zero attached hydrogens (tertiary/aromatic N) is 1. The standard InChI is InChI=1S/C13H20FN3O/c1-17-5-6-18-13(9-17)12(16-15)8-10-3-2-4-11(14)7-10/h2-4,7,12-13,16H,5-6,8-9,15H2,1H3. The highest BCUT2D eigenvalue weighted by molar-refractivity contribution is 5.17. The van der Waals surface area contributed by atoms with Crippen molar-refractivity contribution in [3.8, 4) is 0 Å². The number of benzene rings is 1. The third-order valence-corrected chi connectivity index (χ3v) is 3.30. The van der Waals surface area contributed by atoms with Gasteiger partial charge in [-0.05, 0) is 31.2 Å². The van der Waals surface area contributed by atoms with Gasteiger partial charge in [-0.1, -0.05) is 12.1 Å². The van der Waals surface area contributed by atoms with Gasteiger partial charge in [0.05, 0.1) is 18.8 Å². The number of hydrazine groups is 1. The second-order valence-electron chi connectivity index (χ2n) is 4.78. The molecule has 0 amide bonds. The molecule has 0 aliphatic carbocycles. The second-order valence-corrected chi connectivity index (χ2v) is 4.78. The minimum Gasteiger partial charge on any atom is -0.374 e. The lowest BCUT2D eigenvalue weighted by atomic mass is 10.0. The number of morpholine rings is 1. The zero-order valence-electron chi connectivity index (χ0n) is 10.6. The second kappa shape index (κ2) is 6.24. The van der Waals surface area contributed by atoms with Gasteiger partial charge in [0.15, 0.2) is 0 Å². The highest BCUT2D eigenvalue weighted by Crippen LogP contribution is 2.13. The molecule has 5 heteroatoms. The van der Waals surface area contributed by atoms with Gasteiger partial charge < -0.3 is 9.64 Å². The molecule has 1 fully saturated rings. The molecule has 4 nitrogen and oxygen atoms in total. The number of nitrogens with one attached hydrogen (secondary N) is 1. The average Bonchev–Trinajstić information content (AvgIpc) is 2.36. The molecule has 100 valence electrons. The van der Waals surface area contributed by atoms with Crippen molar-refractivity contribution in [2.75, 3.05) is 26.7 Å². The maximum absolute atomic E-state index is 13.1. The van der Waals surface area contributed by atoms with Crippen molar-refractivity contribution in [2.24, 2.45) is 5.84 Å². The molecule has 1 saturated heterocycles. The Balaban J connectivity index is 2.00. The first kappa shape index (κ1) is 13.4. The van der Waals surface area contributed by atoms with Crippen LogP contribution in [0.5, 0.6) is 0 Å². The van der Waals surface area contributed by atoms with Crippen LogP contribution in [0.4, 0.5) is 4.39 Å². The first-order valence-corrected chi connectivity index (χ1v) is 6.20. The van der Waals surface area contributed by atoms with E-state index in [2.05, 4.69) is 17.4 Å². The van der Waals surface area contributed by atoms with Gasteiger partial charge in [0, 0.05) is 13.1 Å². The van der Waals surface area contributed by atoms with E-state index in [0.29, 0.717) is 13.0 Å². The lowest BCUT2D eigenvalue weighted by molar-refractivity contribution is -0.0384. The molecule has 0 bridgehead atoms. The highest BCUT2D eigenvalue weighted by Gasteiger charge is 2.26. The fourth-order valence-electron chi connectivity index (χ4n) is 2.27. The van der Waals surface area contributed by atoms with Gasteiger partial charge in [-0.2, -0.15) is 0 Å². The van der Waals surface area contributed by atoms with Gasteiger partial charge in [-0.15, -0.1) is 0 Å².